The van der Waals surface area contributed by atoms with Gasteiger partial charge in [0.15, 0.2) is 0 Å². The van der Waals surface area contributed by atoms with E-state index < -0.39 is 0 Å². The Morgan fingerprint density at radius 2 is 2.17 bits per heavy atom. The predicted octanol–water partition coefficient (Wildman–Crippen LogP) is 4.42. The van der Waals surface area contributed by atoms with Crippen LogP contribution in [-0.4, -0.2) is 16.7 Å². The van der Waals surface area contributed by atoms with Crippen molar-refractivity contribution in [2.24, 2.45) is 0 Å². The van der Waals surface area contributed by atoms with Gasteiger partial charge < -0.3 is 4.74 Å². The highest BCUT2D eigenvalue weighted by Gasteiger charge is 2.11. The lowest BCUT2D eigenvalue weighted by Crippen LogP contribution is -1.91. The number of halogens is 3. The summed E-state index contributed by atoms with van der Waals surface area (Å²) in [6.07, 6.45) is 4.94. The molecular formula is C12H9BrCl2N2O. The Hall–Kier alpha value is -0.970. The van der Waals surface area contributed by atoms with Crippen LogP contribution in [-0.2, 0) is 0 Å². The lowest BCUT2D eigenvalue weighted by molar-refractivity contribution is 0.414. The third-order valence-electron chi connectivity index (χ3n) is 2.32. The van der Waals surface area contributed by atoms with Gasteiger partial charge in [0, 0.05) is 22.4 Å². The van der Waals surface area contributed by atoms with Gasteiger partial charge in [0.2, 0.25) is 0 Å². The second kappa shape index (κ2) is 5.78. The minimum absolute atomic E-state index is 0.389. The van der Waals surface area contributed by atoms with Crippen LogP contribution in [0.3, 0.4) is 0 Å². The zero-order valence-corrected chi connectivity index (χ0v) is 12.5. The van der Waals surface area contributed by atoms with E-state index in [1.54, 1.807) is 30.4 Å². The van der Waals surface area contributed by atoms with Crippen molar-refractivity contribution >= 4 is 49.3 Å². The van der Waals surface area contributed by atoms with Gasteiger partial charge in [-0.05, 0) is 34.1 Å². The van der Waals surface area contributed by atoms with E-state index in [-0.39, 0.29) is 0 Å². The average Bonchev–Trinajstić information content (AvgIpc) is 2.90. The summed E-state index contributed by atoms with van der Waals surface area (Å²) in [7, 11) is 1.61. The Bertz CT molecular complexity index is 582. The Labute approximate surface area is 123 Å². The molecule has 0 unspecified atom stereocenters. The third-order valence-corrected chi connectivity index (χ3v) is 3.84. The van der Waals surface area contributed by atoms with Crippen molar-refractivity contribution in [3.05, 3.63) is 47.0 Å². The Kier molecular flexibility index (Phi) is 4.32. The van der Waals surface area contributed by atoms with Crippen molar-refractivity contribution in [2.45, 2.75) is 0 Å². The highest BCUT2D eigenvalue weighted by Crippen LogP contribution is 2.35. The number of hydrogen-bond donors (Lipinski definition) is 0. The van der Waals surface area contributed by atoms with Crippen molar-refractivity contribution in [1.82, 2.24) is 9.55 Å². The van der Waals surface area contributed by atoms with Crippen molar-refractivity contribution in [3.8, 4) is 5.75 Å². The zero-order chi connectivity index (χ0) is 13.1. The van der Waals surface area contributed by atoms with Crippen LogP contribution in [0.15, 0.2) is 41.4 Å². The van der Waals surface area contributed by atoms with Gasteiger partial charge in [-0.15, -0.1) is 0 Å². The lowest BCUT2D eigenvalue weighted by Gasteiger charge is -2.08. The molecule has 0 N–H and O–H groups in total. The van der Waals surface area contributed by atoms with E-state index in [4.69, 9.17) is 27.9 Å². The maximum atomic E-state index is 6.28. The lowest BCUT2D eigenvalue weighted by atomic mass is 10.2. The molecule has 0 aliphatic carbocycles. The van der Waals surface area contributed by atoms with Gasteiger partial charge in [0.25, 0.3) is 0 Å². The number of methoxy groups -OCH3 is 1. The van der Waals surface area contributed by atoms with Crippen molar-refractivity contribution < 1.29 is 4.74 Å². The first-order valence-electron chi connectivity index (χ1n) is 5.01. The van der Waals surface area contributed by atoms with Crippen LogP contribution in [0.5, 0.6) is 5.75 Å². The summed E-state index contributed by atoms with van der Waals surface area (Å²) in [5.74, 6) is 0.744. The van der Waals surface area contributed by atoms with Crippen molar-refractivity contribution in [3.63, 3.8) is 0 Å². The van der Waals surface area contributed by atoms with Crippen molar-refractivity contribution in [2.75, 3.05) is 7.11 Å². The van der Waals surface area contributed by atoms with Crippen LogP contribution in [0.4, 0.5) is 0 Å². The fourth-order valence-electron chi connectivity index (χ4n) is 1.40. The smallest absolute Gasteiger partial charge is 0.133 e. The summed E-state index contributed by atoms with van der Waals surface area (Å²) in [4.78, 5) is 3.92. The summed E-state index contributed by atoms with van der Waals surface area (Å²) in [5, 5.41) is 0.823. The molecule has 0 aliphatic rings. The average molecular weight is 348 g/mol. The van der Waals surface area contributed by atoms with E-state index in [9.17, 15) is 0 Å². The molecule has 0 amide bonds. The third kappa shape index (κ3) is 2.71. The van der Waals surface area contributed by atoms with Gasteiger partial charge in [-0.3, -0.25) is 4.57 Å². The number of aromatic nitrogens is 2. The van der Waals surface area contributed by atoms with Gasteiger partial charge in [-0.2, -0.15) is 0 Å². The Morgan fingerprint density at radius 1 is 1.39 bits per heavy atom. The molecule has 94 valence electrons. The van der Waals surface area contributed by atoms with Gasteiger partial charge in [-0.1, -0.05) is 23.2 Å². The van der Waals surface area contributed by atoms with Gasteiger partial charge >= 0.3 is 0 Å². The monoisotopic (exact) mass is 346 g/mol. The highest BCUT2D eigenvalue weighted by molar-refractivity contribution is 9.10. The first kappa shape index (κ1) is 13.5. The highest BCUT2D eigenvalue weighted by atomic mass is 79.9. The van der Waals surface area contributed by atoms with Gasteiger partial charge in [0.1, 0.15) is 10.9 Å². The predicted molar refractivity (Wildman–Crippen MR) is 77.7 cm³/mol. The second-order valence-corrected chi connectivity index (χ2v) is 5.01. The van der Waals surface area contributed by atoms with E-state index >= 15 is 0 Å². The minimum Gasteiger partial charge on any atom is -0.497 e. The topological polar surface area (TPSA) is 27.1 Å². The van der Waals surface area contributed by atoms with Crippen LogP contribution < -0.4 is 4.74 Å². The van der Waals surface area contributed by atoms with Crippen LogP contribution in [0.1, 0.15) is 5.56 Å². The number of imidazole rings is 1. The first-order chi connectivity index (χ1) is 8.63. The van der Waals surface area contributed by atoms with E-state index in [2.05, 4.69) is 20.9 Å². The zero-order valence-electron chi connectivity index (χ0n) is 9.40. The molecule has 1 aromatic heterocycles. The van der Waals surface area contributed by atoms with Crippen LogP contribution >= 0.6 is 39.1 Å². The number of benzene rings is 1. The summed E-state index contributed by atoms with van der Waals surface area (Å²) in [6.45, 7) is 0. The molecule has 0 spiro atoms. The molecular weight excluding hydrogens is 339 g/mol. The van der Waals surface area contributed by atoms with Gasteiger partial charge in [0.05, 0.1) is 18.5 Å². The number of rotatable bonds is 3. The Balaban J connectivity index is 2.45. The molecule has 6 heteroatoms. The quantitative estimate of drug-likeness (QED) is 0.822. The summed E-state index contributed by atoms with van der Waals surface area (Å²) in [5.41, 5.74) is 0.788. The maximum Gasteiger partial charge on any atom is 0.133 e. The maximum absolute atomic E-state index is 6.28. The SMILES string of the molecule is COc1ccc(C(Cl)=C(Cl)n2ccnc2)c(Br)c1. The van der Waals surface area contributed by atoms with Crippen molar-refractivity contribution in [1.29, 1.82) is 0 Å². The number of ether oxygens (including phenoxy) is 1. The molecule has 0 aliphatic heterocycles. The fraction of sp³-hybridized carbons (Fsp3) is 0.0833. The molecule has 2 aromatic rings. The molecule has 18 heavy (non-hydrogen) atoms. The molecule has 0 fully saturated rings. The molecule has 0 radical (unpaired) electrons. The van der Waals surface area contributed by atoms with Crippen LogP contribution in [0.2, 0.25) is 0 Å². The normalized spacial score (nSPS) is 12.2. The molecule has 0 saturated heterocycles. The van der Waals surface area contributed by atoms with E-state index in [0.717, 1.165) is 15.8 Å². The Morgan fingerprint density at radius 3 is 2.72 bits per heavy atom. The van der Waals surface area contributed by atoms with Crippen LogP contribution in [0, 0.1) is 0 Å². The molecule has 0 atom stereocenters. The van der Waals surface area contributed by atoms with E-state index in [1.807, 2.05) is 18.2 Å². The molecule has 1 aromatic carbocycles. The molecule has 1 heterocycles. The first-order valence-corrected chi connectivity index (χ1v) is 6.56. The van der Waals surface area contributed by atoms with Crippen LogP contribution in [0.25, 0.3) is 10.2 Å². The molecule has 2 rings (SSSR count). The number of hydrogen-bond acceptors (Lipinski definition) is 2. The second-order valence-electron chi connectivity index (χ2n) is 3.42. The minimum atomic E-state index is 0.389. The standard InChI is InChI=1S/C12H9BrCl2N2O/c1-18-8-2-3-9(10(13)6-8)11(14)12(15)17-5-4-16-7-17/h2-7H,1H3. The van der Waals surface area contributed by atoms with E-state index in [1.165, 1.54) is 0 Å². The molecule has 0 bridgehead atoms. The largest absolute Gasteiger partial charge is 0.497 e. The summed E-state index contributed by atoms with van der Waals surface area (Å²) >= 11 is 15.9. The van der Waals surface area contributed by atoms with E-state index in [0.29, 0.717) is 10.2 Å². The fourth-order valence-corrected chi connectivity index (χ4v) is 2.53. The summed E-state index contributed by atoms with van der Waals surface area (Å²) < 4.78 is 7.57. The molecule has 3 nitrogen and oxygen atoms in total. The summed E-state index contributed by atoms with van der Waals surface area (Å²) in [6, 6.07) is 5.49. The molecule has 0 saturated carbocycles. The van der Waals surface area contributed by atoms with Gasteiger partial charge in [-0.25, -0.2) is 4.98 Å². The number of nitrogens with zero attached hydrogens (tertiary/aromatic N) is 2.